The standard InChI is InChI=1S/C25H20ClN3O3S/c1-2-32-21-11-7-19(8-12-21)27-25(31)17-3-9-20(10-4-17)29-24(30)16-15-23(28-29)33-22-13-5-18(26)6-14-22/h3-16H,2H2,1H3,(H,27,31). The number of nitrogens with one attached hydrogen (secondary N) is 1. The van der Waals surface area contributed by atoms with Crippen LogP contribution in [0, 0.1) is 0 Å². The highest BCUT2D eigenvalue weighted by atomic mass is 35.5. The van der Waals surface area contributed by atoms with Crippen molar-refractivity contribution in [1.29, 1.82) is 0 Å². The van der Waals surface area contributed by atoms with E-state index in [9.17, 15) is 9.59 Å². The van der Waals surface area contributed by atoms with Crippen LogP contribution in [-0.2, 0) is 0 Å². The van der Waals surface area contributed by atoms with Crippen molar-refractivity contribution in [2.24, 2.45) is 0 Å². The van der Waals surface area contributed by atoms with Crippen molar-refractivity contribution in [3.8, 4) is 11.4 Å². The van der Waals surface area contributed by atoms with Gasteiger partial charge in [-0.05, 0) is 85.8 Å². The summed E-state index contributed by atoms with van der Waals surface area (Å²) in [7, 11) is 0. The van der Waals surface area contributed by atoms with Gasteiger partial charge >= 0.3 is 0 Å². The minimum Gasteiger partial charge on any atom is -0.494 e. The van der Waals surface area contributed by atoms with E-state index in [0.717, 1.165) is 10.6 Å². The Balaban J connectivity index is 1.48. The predicted octanol–water partition coefficient (Wildman–Crippen LogP) is 5.69. The van der Waals surface area contributed by atoms with E-state index in [0.29, 0.717) is 33.6 Å². The first-order chi connectivity index (χ1) is 16.0. The molecule has 0 atom stereocenters. The van der Waals surface area contributed by atoms with Crippen molar-refractivity contribution in [1.82, 2.24) is 9.78 Å². The minimum atomic E-state index is -0.262. The number of hydrogen-bond acceptors (Lipinski definition) is 5. The Morgan fingerprint density at radius 3 is 2.33 bits per heavy atom. The molecule has 0 unspecified atom stereocenters. The number of ether oxygens (including phenoxy) is 1. The lowest BCUT2D eigenvalue weighted by Crippen LogP contribution is -2.20. The zero-order valence-electron chi connectivity index (χ0n) is 17.7. The maximum atomic E-state index is 12.6. The smallest absolute Gasteiger partial charge is 0.271 e. The van der Waals surface area contributed by atoms with E-state index in [2.05, 4.69) is 10.4 Å². The van der Waals surface area contributed by atoms with Crippen LogP contribution in [-0.4, -0.2) is 22.3 Å². The number of anilines is 1. The van der Waals surface area contributed by atoms with Crippen molar-refractivity contribution < 1.29 is 9.53 Å². The summed E-state index contributed by atoms with van der Waals surface area (Å²) < 4.78 is 6.72. The molecule has 1 N–H and O–H groups in total. The first-order valence-corrected chi connectivity index (χ1v) is 11.4. The lowest BCUT2D eigenvalue weighted by molar-refractivity contribution is 0.102. The molecule has 0 fully saturated rings. The maximum absolute atomic E-state index is 12.6. The van der Waals surface area contributed by atoms with Crippen LogP contribution in [0.4, 0.5) is 5.69 Å². The van der Waals surface area contributed by atoms with Crippen LogP contribution in [0.25, 0.3) is 5.69 Å². The second kappa shape index (κ2) is 10.4. The van der Waals surface area contributed by atoms with E-state index < -0.39 is 0 Å². The molecule has 0 aliphatic carbocycles. The molecule has 33 heavy (non-hydrogen) atoms. The third kappa shape index (κ3) is 5.83. The number of halogens is 1. The third-order valence-corrected chi connectivity index (χ3v) is 5.80. The summed E-state index contributed by atoms with van der Waals surface area (Å²) in [4.78, 5) is 25.9. The molecule has 0 saturated heterocycles. The van der Waals surface area contributed by atoms with Gasteiger partial charge in [0.25, 0.3) is 11.5 Å². The van der Waals surface area contributed by atoms with Crippen molar-refractivity contribution in [3.63, 3.8) is 0 Å². The number of carbonyl (C=O) groups is 1. The molecule has 8 heteroatoms. The predicted molar refractivity (Wildman–Crippen MR) is 131 cm³/mol. The highest BCUT2D eigenvalue weighted by molar-refractivity contribution is 7.99. The van der Waals surface area contributed by atoms with Crippen LogP contribution < -0.4 is 15.6 Å². The number of aromatic nitrogens is 2. The molecule has 0 spiro atoms. The van der Waals surface area contributed by atoms with Gasteiger partial charge in [-0.1, -0.05) is 23.4 Å². The lowest BCUT2D eigenvalue weighted by Gasteiger charge is -2.09. The highest BCUT2D eigenvalue weighted by Gasteiger charge is 2.09. The maximum Gasteiger partial charge on any atom is 0.271 e. The molecule has 0 aliphatic rings. The summed E-state index contributed by atoms with van der Waals surface area (Å²) in [6.45, 7) is 2.50. The quantitative estimate of drug-likeness (QED) is 0.370. The summed E-state index contributed by atoms with van der Waals surface area (Å²) in [5.74, 6) is 0.493. The van der Waals surface area contributed by atoms with Crippen molar-refractivity contribution in [2.75, 3.05) is 11.9 Å². The molecule has 4 rings (SSSR count). The average Bonchev–Trinajstić information content (AvgIpc) is 2.83. The normalized spacial score (nSPS) is 10.6. The molecule has 0 saturated carbocycles. The van der Waals surface area contributed by atoms with Gasteiger partial charge < -0.3 is 10.1 Å². The first kappa shape index (κ1) is 22.6. The van der Waals surface area contributed by atoms with Crippen LogP contribution in [0.3, 0.4) is 0 Å². The average molecular weight is 478 g/mol. The molecule has 1 amide bonds. The van der Waals surface area contributed by atoms with E-state index in [1.807, 2.05) is 19.1 Å². The minimum absolute atomic E-state index is 0.252. The third-order valence-electron chi connectivity index (χ3n) is 4.61. The first-order valence-electron chi connectivity index (χ1n) is 10.2. The molecule has 0 bridgehead atoms. The van der Waals surface area contributed by atoms with Crippen LogP contribution in [0.2, 0.25) is 5.02 Å². The van der Waals surface area contributed by atoms with Gasteiger partial charge in [-0.3, -0.25) is 9.59 Å². The summed E-state index contributed by atoms with van der Waals surface area (Å²) in [6, 6.07) is 24.4. The number of benzene rings is 3. The Morgan fingerprint density at radius 1 is 0.970 bits per heavy atom. The number of amides is 1. The van der Waals surface area contributed by atoms with Gasteiger partial charge in [0.05, 0.1) is 12.3 Å². The number of hydrogen-bond donors (Lipinski definition) is 1. The van der Waals surface area contributed by atoms with Crippen molar-refractivity contribution in [2.45, 2.75) is 16.8 Å². The summed E-state index contributed by atoms with van der Waals surface area (Å²) in [6.07, 6.45) is 0. The van der Waals surface area contributed by atoms with E-state index in [1.54, 1.807) is 66.7 Å². The highest BCUT2D eigenvalue weighted by Crippen LogP contribution is 2.26. The molecule has 3 aromatic carbocycles. The number of carbonyl (C=O) groups excluding carboxylic acids is 1. The van der Waals surface area contributed by atoms with E-state index >= 15 is 0 Å². The van der Waals surface area contributed by atoms with E-state index in [4.69, 9.17) is 16.3 Å². The molecule has 1 aromatic heterocycles. The number of nitrogens with zero attached hydrogens (tertiary/aromatic N) is 2. The zero-order chi connectivity index (χ0) is 23.2. The Kier molecular flexibility index (Phi) is 7.12. The topological polar surface area (TPSA) is 73.2 Å². The van der Waals surface area contributed by atoms with Gasteiger partial charge in [0.15, 0.2) is 0 Å². The largest absolute Gasteiger partial charge is 0.494 e. The van der Waals surface area contributed by atoms with Crippen LogP contribution in [0.5, 0.6) is 5.75 Å². The fourth-order valence-electron chi connectivity index (χ4n) is 3.02. The molecular formula is C25H20ClN3O3S. The molecule has 4 aromatic rings. The van der Waals surface area contributed by atoms with Crippen LogP contribution in [0.15, 0.2) is 99.6 Å². The van der Waals surface area contributed by atoms with Gasteiger partial charge in [0.2, 0.25) is 0 Å². The van der Waals surface area contributed by atoms with Gasteiger partial charge in [-0.15, -0.1) is 0 Å². The second-order valence-electron chi connectivity index (χ2n) is 6.94. The zero-order valence-corrected chi connectivity index (χ0v) is 19.3. The fourth-order valence-corrected chi connectivity index (χ4v) is 3.91. The molecule has 1 heterocycles. The Bertz CT molecular complexity index is 1300. The van der Waals surface area contributed by atoms with Crippen molar-refractivity contribution >= 4 is 35.0 Å². The summed E-state index contributed by atoms with van der Waals surface area (Å²) >= 11 is 7.36. The van der Waals surface area contributed by atoms with Gasteiger partial charge in [-0.25, -0.2) is 0 Å². The van der Waals surface area contributed by atoms with Gasteiger partial charge in [0, 0.05) is 27.2 Å². The molecular weight excluding hydrogens is 458 g/mol. The fraction of sp³-hybridized carbons (Fsp3) is 0.0800. The van der Waals surface area contributed by atoms with Crippen LogP contribution in [0.1, 0.15) is 17.3 Å². The molecule has 166 valence electrons. The van der Waals surface area contributed by atoms with Gasteiger partial charge in [-0.2, -0.15) is 9.78 Å². The summed E-state index contributed by atoms with van der Waals surface area (Å²) in [5.41, 5.74) is 1.43. The Morgan fingerprint density at radius 2 is 1.67 bits per heavy atom. The SMILES string of the molecule is CCOc1ccc(NC(=O)c2ccc(-n3nc(Sc4ccc(Cl)cc4)ccc3=O)cc2)cc1. The Labute approximate surface area is 200 Å². The van der Waals surface area contributed by atoms with Crippen LogP contribution >= 0.6 is 23.4 Å². The monoisotopic (exact) mass is 477 g/mol. The number of rotatable bonds is 7. The lowest BCUT2D eigenvalue weighted by atomic mass is 10.2. The summed E-state index contributed by atoms with van der Waals surface area (Å²) in [5, 5.41) is 8.61. The molecule has 0 radical (unpaired) electrons. The van der Waals surface area contributed by atoms with Crippen molar-refractivity contribution in [3.05, 3.63) is 106 Å². The van der Waals surface area contributed by atoms with E-state index in [-0.39, 0.29) is 11.5 Å². The Hall–Kier alpha value is -3.55. The second-order valence-corrected chi connectivity index (χ2v) is 8.47. The van der Waals surface area contributed by atoms with E-state index in [1.165, 1.54) is 22.5 Å². The van der Waals surface area contributed by atoms with Gasteiger partial charge in [0.1, 0.15) is 10.8 Å². The molecule has 0 aliphatic heterocycles. The molecule has 6 nitrogen and oxygen atoms in total.